The zero-order valence-electron chi connectivity index (χ0n) is 18.7. The number of nitrogens with one attached hydrogen (secondary N) is 1. The highest BCUT2D eigenvalue weighted by Gasteiger charge is 2.33. The average molecular weight is 475 g/mol. The van der Waals surface area contributed by atoms with Crippen LogP contribution in [0.2, 0.25) is 0 Å². The molecule has 0 aliphatic carbocycles. The van der Waals surface area contributed by atoms with Gasteiger partial charge in [-0.3, -0.25) is 19.7 Å². The molecule has 4 aromatic rings. The summed E-state index contributed by atoms with van der Waals surface area (Å²) in [5, 5.41) is 4.11. The Bertz CT molecular complexity index is 1370. The second kappa shape index (κ2) is 9.04. The fourth-order valence-corrected chi connectivity index (χ4v) is 5.38. The topological polar surface area (TPSA) is 67.2 Å². The van der Waals surface area contributed by atoms with Crippen molar-refractivity contribution < 1.29 is 14.0 Å². The maximum Gasteiger partial charge on any atom is 0.328 e. The fraction of sp³-hybridized carbons (Fsp3) is 0.192. The van der Waals surface area contributed by atoms with Crippen LogP contribution in [0.3, 0.4) is 0 Å². The summed E-state index contributed by atoms with van der Waals surface area (Å²) in [7, 11) is 3.35. The second-order valence-corrected chi connectivity index (χ2v) is 9.55. The summed E-state index contributed by atoms with van der Waals surface area (Å²) in [5.41, 5.74) is 3.83. The minimum atomic E-state index is -0.375. The van der Waals surface area contributed by atoms with Gasteiger partial charge in [0, 0.05) is 49.4 Å². The number of fused-ring (bicyclic) bond motifs is 1. The van der Waals surface area contributed by atoms with E-state index in [1.165, 1.54) is 21.6 Å². The van der Waals surface area contributed by atoms with Gasteiger partial charge in [0.15, 0.2) is 5.78 Å². The molecule has 2 aromatic heterocycles. The van der Waals surface area contributed by atoms with Gasteiger partial charge in [0.1, 0.15) is 5.82 Å². The van der Waals surface area contributed by atoms with Gasteiger partial charge in [0.2, 0.25) is 0 Å². The van der Waals surface area contributed by atoms with Crippen molar-refractivity contribution in [3.63, 3.8) is 0 Å². The van der Waals surface area contributed by atoms with Crippen LogP contribution in [-0.2, 0) is 0 Å². The first-order valence-corrected chi connectivity index (χ1v) is 11.9. The lowest BCUT2D eigenvalue weighted by molar-refractivity contribution is 0.0957. The van der Waals surface area contributed by atoms with E-state index >= 15 is 0 Å². The van der Waals surface area contributed by atoms with Gasteiger partial charge < -0.3 is 4.90 Å². The number of pyridine rings is 1. The molecule has 0 spiro atoms. The molecule has 6 nitrogen and oxygen atoms in total. The van der Waals surface area contributed by atoms with Crippen molar-refractivity contribution in [2.45, 2.75) is 11.4 Å². The number of Topliss-reactive ketones (excluding diaryl/α,β-unsaturated/α-hetero) is 1. The molecule has 2 atom stereocenters. The molecule has 0 saturated carbocycles. The molecule has 8 heteroatoms. The van der Waals surface area contributed by atoms with Crippen LogP contribution in [0.1, 0.15) is 21.3 Å². The number of nitrogens with zero attached hydrogens (tertiary/aromatic N) is 3. The van der Waals surface area contributed by atoms with E-state index in [4.69, 9.17) is 0 Å². The number of halogens is 1. The third-order valence-electron chi connectivity index (χ3n) is 5.92. The van der Waals surface area contributed by atoms with E-state index in [9.17, 15) is 14.0 Å². The molecule has 1 aliphatic rings. The van der Waals surface area contributed by atoms with Gasteiger partial charge in [-0.05, 0) is 41.0 Å². The van der Waals surface area contributed by atoms with Crippen LogP contribution in [0.25, 0.3) is 22.0 Å². The van der Waals surface area contributed by atoms with Crippen LogP contribution in [0.15, 0.2) is 73.2 Å². The molecular formula is C26H23FN4O2S. The highest BCUT2D eigenvalue weighted by atomic mass is 32.2. The molecular weight excluding hydrogens is 451 g/mol. The van der Waals surface area contributed by atoms with Crippen LogP contribution in [0, 0.1) is 5.82 Å². The van der Waals surface area contributed by atoms with Crippen LogP contribution in [0.5, 0.6) is 0 Å². The van der Waals surface area contributed by atoms with Crippen molar-refractivity contribution in [2.75, 3.05) is 19.8 Å². The Balaban J connectivity index is 1.52. The van der Waals surface area contributed by atoms with E-state index < -0.39 is 0 Å². The van der Waals surface area contributed by atoms with Gasteiger partial charge in [-0.15, -0.1) is 11.8 Å². The Hall–Kier alpha value is -3.49. The predicted octanol–water partition coefficient (Wildman–Crippen LogP) is 4.96. The molecule has 1 fully saturated rings. The maximum absolute atomic E-state index is 13.6. The standard InChI is InChI=1S/C26H23FN4O2S/c1-30(2)26(33)31-14-21(24(32)22-15-34-25(29-22)18-4-3-11-28-13-18)20-10-7-17(12-23(20)31)16-5-8-19(27)9-6-16/h3-14,22,25,29H,15H2,1-2H3/t22-,25?/m0/s1. The number of rotatable bonds is 4. The Morgan fingerprint density at radius 3 is 2.59 bits per heavy atom. The van der Waals surface area contributed by atoms with Crippen LogP contribution in [-0.4, -0.2) is 52.2 Å². The third-order valence-corrected chi connectivity index (χ3v) is 7.19. The summed E-state index contributed by atoms with van der Waals surface area (Å²) in [6.07, 6.45) is 5.16. The van der Waals surface area contributed by atoms with Crippen molar-refractivity contribution >= 4 is 34.5 Å². The van der Waals surface area contributed by atoms with Gasteiger partial charge >= 0.3 is 6.03 Å². The molecule has 5 rings (SSSR count). The molecule has 0 radical (unpaired) electrons. The monoisotopic (exact) mass is 474 g/mol. The predicted molar refractivity (Wildman–Crippen MR) is 133 cm³/mol. The first-order valence-electron chi connectivity index (χ1n) is 10.9. The third kappa shape index (κ3) is 4.10. The molecule has 1 saturated heterocycles. The van der Waals surface area contributed by atoms with Crippen molar-refractivity contribution in [3.05, 3.63) is 90.1 Å². The van der Waals surface area contributed by atoms with Crippen LogP contribution >= 0.6 is 11.8 Å². The zero-order chi connectivity index (χ0) is 23.8. The van der Waals surface area contributed by atoms with Crippen molar-refractivity contribution in [1.29, 1.82) is 0 Å². The molecule has 1 aliphatic heterocycles. The Kier molecular flexibility index (Phi) is 5.93. The second-order valence-electron chi connectivity index (χ2n) is 8.41. The van der Waals surface area contributed by atoms with Gasteiger partial charge in [-0.1, -0.05) is 30.3 Å². The minimum Gasteiger partial charge on any atom is -0.330 e. The summed E-state index contributed by atoms with van der Waals surface area (Å²) in [6, 6.07) is 15.1. The Labute approximate surface area is 200 Å². The van der Waals surface area contributed by atoms with E-state index in [0.717, 1.165) is 16.7 Å². The summed E-state index contributed by atoms with van der Waals surface area (Å²) in [6.45, 7) is 0. The number of carbonyl (C=O) groups excluding carboxylic acids is 2. The molecule has 0 bridgehead atoms. The number of thioether (sulfide) groups is 1. The van der Waals surface area contributed by atoms with E-state index in [0.29, 0.717) is 22.2 Å². The van der Waals surface area contributed by atoms with E-state index in [1.54, 1.807) is 56.6 Å². The van der Waals surface area contributed by atoms with E-state index in [-0.39, 0.29) is 29.0 Å². The molecule has 2 aromatic carbocycles. The first-order chi connectivity index (χ1) is 16.4. The summed E-state index contributed by atoms with van der Waals surface area (Å²) in [5.74, 6) is 0.263. The van der Waals surface area contributed by atoms with Gasteiger partial charge in [0.05, 0.1) is 16.9 Å². The number of aromatic nitrogens is 2. The van der Waals surface area contributed by atoms with E-state index in [1.807, 2.05) is 30.3 Å². The lowest BCUT2D eigenvalue weighted by atomic mass is 10.0. The summed E-state index contributed by atoms with van der Waals surface area (Å²) in [4.78, 5) is 32.2. The quantitative estimate of drug-likeness (QED) is 0.424. The van der Waals surface area contributed by atoms with Gasteiger partial charge in [-0.2, -0.15) is 0 Å². The minimum absolute atomic E-state index is 0.00974. The first kappa shape index (κ1) is 22.3. The number of hydrogen-bond acceptors (Lipinski definition) is 5. The maximum atomic E-state index is 13.6. The molecule has 1 unspecified atom stereocenters. The Morgan fingerprint density at radius 2 is 1.88 bits per heavy atom. The largest absolute Gasteiger partial charge is 0.330 e. The number of benzene rings is 2. The normalized spacial score (nSPS) is 17.7. The molecule has 1 N–H and O–H groups in total. The van der Waals surface area contributed by atoms with Crippen LogP contribution < -0.4 is 5.32 Å². The van der Waals surface area contributed by atoms with Gasteiger partial charge in [-0.25, -0.2) is 9.18 Å². The average Bonchev–Trinajstić information content (AvgIpc) is 3.49. The Morgan fingerprint density at radius 1 is 1.12 bits per heavy atom. The summed E-state index contributed by atoms with van der Waals surface area (Å²) < 4.78 is 14.9. The van der Waals surface area contributed by atoms with E-state index in [2.05, 4.69) is 10.3 Å². The molecule has 172 valence electrons. The highest BCUT2D eigenvalue weighted by Crippen LogP contribution is 2.35. The summed E-state index contributed by atoms with van der Waals surface area (Å²) >= 11 is 1.67. The smallest absolute Gasteiger partial charge is 0.328 e. The lowest BCUT2D eigenvalue weighted by Gasteiger charge is -2.12. The fourth-order valence-electron chi connectivity index (χ4n) is 4.15. The molecule has 1 amide bonds. The molecule has 3 heterocycles. The lowest BCUT2D eigenvalue weighted by Crippen LogP contribution is -2.34. The SMILES string of the molecule is CN(C)C(=O)n1cc(C(=O)[C@@H]2CSC(c3cccnc3)N2)c2ccc(-c3ccc(F)cc3)cc21. The van der Waals surface area contributed by atoms with Crippen molar-refractivity contribution in [3.8, 4) is 11.1 Å². The molecule has 34 heavy (non-hydrogen) atoms. The highest BCUT2D eigenvalue weighted by molar-refractivity contribution is 7.99. The van der Waals surface area contributed by atoms with Crippen molar-refractivity contribution in [2.24, 2.45) is 0 Å². The zero-order valence-corrected chi connectivity index (χ0v) is 19.6. The van der Waals surface area contributed by atoms with Crippen molar-refractivity contribution in [1.82, 2.24) is 19.8 Å². The van der Waals surface area contributed by atoms with Crippen LogP contribution in [0.4, 0.5) is 9.18 Å². The number of carbonyl (C=O) groups is 2. The number of hydrogen-bond donors (Lipinski definition) is 1. The number of amides is 1. The van der Waals surface area contributed by atoms with Gasteiger partial charge in [0.25, 0.3) is 0 Å². The number of ketones is 1.